The summed E-state index contributed by atoms with van der Waals surface area (Å²) in [6, 6.07) is 0. The van der Waals surface area contributed by atoms with Gasteiger partial charge < -0.3 is 10.4 Å². The van der Waals surface area contributed by atoms with Crippen LogP contribution in [0.5, 0.6) is 0 Å². The highest BCUT2D eigenvalue weighted by atomic mass is 16.4. The average molecular weight is 254 g/mol. The Morgan fingerprint density at radius 1 is 1.44 bits per heavy atom. The predicted molar refractivity (Wildman–Crippen MR) is 63.6 cm³/mol. The van der Waals surface area contributed by atoms with Crippen molar-refractivity contribution < 1.29 is 14.7 Å². The van der Waals surface area contributed by atoms with Crippen LogP contribution in [-0.2, 0) is 16.1 Å². The second-order valence-corrected chi connectivity index (χ2v) is 4.40. The molecule has 1 atom stereocenters. The molecular weight excluding hydrogens is 236 g/mol. The van der Waals surface area contributed by atoms with E-state index in [1.807, 2.05) is 13.8 Å². The number of carboxylic acid groups (broad SMARTS) is 1. The zero-order valence-corrected chi connectivity index (χ0v) is 10.5. The summed E-state index contributed by atoms with van der Waals surface area (Å²) in [5.74, 6) is -1.64. The lowest BCUT2D eigenvalue weighted by molar-refractivity contribution is -0.143. The molecule has 7 nitrogen and oxygen atoms in total. The Bertz CT molecular complexity index is 389. The predicted octanol–water partition coefficient (Wildman–Crippen LogP) is 0.141. The molecule has 0 saturated carbocycles. The summed E-state index contributed by atoms with van der Waals surface area (Å²) in [6.07, 6.45) is 3.19. The van der Waals surface area contributed by atoms with Gasteiger partial charge in [0.2, 0.25) is 5.91 Å². The van der Waals surface area contributed by atoms with Gasteiger partial charge in [0.25, 0.3) is 0 Å². The smallest absolute Gasteiger partial charge is 0.308 e. The van der Waals surface area contributed by atoms with Gasteiger partial charge in [-0.05, 0) is 5.92 Å². The number of hydrogen-bond donors (Lipinski definition) is 2. The van der Waals surface area contributed by atoms with E-state index in [1.165, 1.54) is 12.7 Å². The van der Waals surface area contributed by atoms with E-state index >= 15 is 0 Å². The highest BCUT2D eigenvalue weighted by molar-refractivity contribution is 5.77. The van der Waals surface area contributed by atoms with Crippen molar-refractivity contribution >= 4 is 11.9 Å². The van der Waals surface area contributed by atoms with Crippen molar-refractivity contribution in [1.29, 1.82) is 0 Å². The molecule has 1 unspecified atom stereocenters. The minimum atomic E-state index is -0.887. The maximum Gasteiger partial charge on any atom is 0.308 e. The monoisotopic (exact) mass is 254 g/mol. The number of aryl methyl sites for hydroxylation is 1. The Kier molecular flexibility index (Phi) is 5.29. The Labute approximate surface area is 105 Å². The molecule has 0 radical (unpaired) electrons. The third-order valence-corrected chi connectivity index (χ3v) is 2.68. The zero-order valence-electron chi connectivity index (χ0n) is 10.5. The Hall–Kier alpha value is -1.92. The number of amides is 1. The first kappa shape index (κ1) is 14.1. The average Bonchev–Trinajstić information content (AvgIpc) is 2.78. The number of aliphatic carboxylic acids is 1. The van der Waals surface area contributed by atoms with Gasteiger partial charge >= 0.3 is 5.97 Å². The molecule has 1 heterocycles. The highest BCUT2D eigenvalue weighted by Gasteiger charge is 2.21. The van der Waals surface area contributed by atoms with Gasteiger partial charge in [-0.1, -0.05) is 13.8 Å². The van der Waals surface area contributed by atoms with Crippen LogP contribution < -0.4 is 5.32 Å². The molecule has 1 rings (SSSR count). The first-order valence-corrected chi connectivity index (χ1v) is 5.82. The lowest BCUT2D eigenvalue weighted by Crippen LogP contribution is -2.35. The van der Waals surface area contributed by atoms with Crippen LogP contribution >= 0.6 is 0 Å². The quantitative estimate of drug-likeness (QED) is 0.721. The van der Waals surface area contributed by atoms with Crippen molar-refractivity contribution in [2.45, 2.75) is 26.8 Å². The number of hydrogen-bond acceptors (Lipinski definition) is 4. The van der Waals surface area contributed by atoms with Gasteiger partial charge in [0.15, 0.2) is 0 Å². The summed E-state index contributed by atoms with van der Waals surface area (Å²) in [6.45, 7) is 4.23. The van der Waals surface area contributed by atoms with Crippen LogP contribution in [0.15, 0.2) is 12.7 Å². The summed E-state index contributed by atoms with van der Waals surface area (Å²) in [4.78, 5) is 26.2. The van der Waals surface area contributed by atoms with E-state index in [2.05, 4.69) is 15.4 Å². The summed E-state index contributed by atoms with van der Waals surface area (Å²) >= 11 is 0. The first-order valence-electron chi connectivity index (χ1n) is 5.82. The number of nitrogens with zero attached hydrogens (tertiary/aromatic N) is 3. The summed E-state index contributed by atoms with van der Waals surface area (Å²) in [7, 11) is 0. The molecule has 1 aromatic heterocycles. The van der Waals surface area contributed by atoms with Crippen LogP contribution in [0.25, 0.3) is 0 Å². The first-order chi connectivity index (χ1) is 8.50. The van der Waals surface area contributed by atoms with Gasteiger partial charge in [0.1, 0.15) is 12.7 Å². The molecule has 2 N–H and O–H groups in total. The summed E-state index contributed by atoms with van der Waals surface area (Å²) in [5.41, 5.74) is 0. The Morgan fingerprint density at radius 2 is 2.17 bits per heavy atom. The van der Waals surface area contributed by atoms with Gasteiger partial charge in [-0.3, -0.25) is 14.3 Å². The van der Waals surface area contributed by atoms with Crippen molar-refractivity contribution in [3.8, 4) is 0 Å². The molecule has 7 heteroatoms. The molecule has 1 amide bonds. The van der Waals surface area contributed by atoms with E-state index in [0.29, 0.717) is 6.54 Å². The van der Waals surface area contributed by atoms with Crippen LogP contribution in [-0.4, -0.2) is 38.3 Å². The lowest BCUT2D eigenvalue weighted by Gasteiger charge is -2.16. The maximum absolute atomic E-state index is 11.5. The number of carbonyl (C=O) groups excluding carboxylic acids is 1. The zero-order chi connectivity index (χ0) is 13.5. The van der Waals surface area contributed by atoms with Crippen molar-refractivity contribution in [3.63, 3.8) is 0 Å². The van der Waals surface area contributed by atoms with Crippen LogP contribution in [0.3, 0.4) is 0 Å². The maximum atomic E-state index is 11.5. The summed E-state index contributed by atoms with van der Waals surface area (Å²) < 4.78 is 1.55. The molecule has 0 aliphatic rings. The third kappa shape index (κ3) is 4.52. The van der Waals surface area contributed by atoms with Gasteiger partial charge in [-0.2, -0.15) is 5.10 Å². The van der Waals surface area contributed by atoms with Crippen LogP contribution in [0.4, 0.5) is 0 Å². The topological polar surface area (TPSA) is 97.1 Å². The Balaban J connectivity index is 2.29. The van der Waals surface area contributed by atoms with Crippen molar-refractivity contribution in [1.82, 2.24) is 20.1 Å². The molecular formula is C11H18N4O3. The molecule has 0 fully saturated rings. The van der Waals surface area contributed by atoms with Gasteiger partial charge in [0.05, 0.1) is 12.5 Å². The largest absolute Gasteiger partial charge is 0.481 e. The fraction of sp³-hybridized carbons (Fsp3) is 0.636. The highest BCUT2D eigenvalue weighted by Crippen LogP contribution is 2.09. The number of nitrogens with one attached hydrogen (secondary N) is 1. The second-order valence-electron chi connectivity index (χ2n) is 4.40. The molecule has 0 aromatic carbocycles. The van der Waals surface area contributed by atoms with Gasteiger partial charge in [0, 0.05) is 13.0 Å². The second kappa shape index (κ2) is 6.73. The minimum Gasteiger partial charge on any atom is -0.481 e. The van der Waals surface area contributed by atoms with E-state index in [0.717, 1.165) is 0 Å². The van der Waals surface area contributed by atoms with E-state index < -0.39 is 11.9 Å². The number of carboxylic acids is 1. The molecule has 0 aliphatic heterocycles. The molecule has 0 saturated heterocycles. The lowest BCUT2D eigenvalue weighted by atomic mass is 9.96. The molecule has 0 bridgehead atoms. The van der Waals surface area contributed by atoms with Crippen molar-refractivity contribution in [2.75, 3.05) is 6.54 Å². The molecule has 18 heavy (non-hydrogen) atoms. The fourth-order valence-electron chi connectivity index (χ4n) is 1.48. The normalized spacial score (nSPS) is 12.4. The van der Waals surface area contributed by atoms with Gasteiger partial charge in [-0.25, -0.2) is 4.98 Å². The molecule has 0 aliphatic carbocycles. The number of carbonyl (C=O) groups is 2. The minimum absolute atomic E-state index is 0.0156. The fourth-order valence-corrected chi connectivity index (χ4v) is 1.48. The molecule has 100 valence electrons. The van der Waals surface area contributed by atoms with E-state index in [9.17, 15) is 9.59 Å². The van der Waals surface area contributed by atoms with Crippen LogP contribution in [0.1, 0.15) is 20.3 Å². The molecule has 1 aromatic rings. The SMILES string of the molecule is CC(C)C(CNC(=O)CCn1cncn1)C(=O)O. The van der Waals surface area contributed by atoms with Crippen molar-refractivity contribution in [2.24, 2.45) is 11.8 Å². The Morgan fingerprint density at radius 3 is 2.67 bits per heavy atom. The van der Waals surface area contributed by atoms with Crippen molar-refractivity contribution in [3.05, 3.63) is 12.7 Å². The number of rotatable bonds is 7. The van der Waals surface area contributed by atoms with E-state index in [1.54, 1.807) is 4.68 Å². The van der Waals surface area contributed by atoms with Gasteiger partial charge in [-0.15, -0.1) is 0 Å². The van der Waals surface area contributed by atoms with E-state index in [-0.39, 0.29) is 24.8 Å². The third-order valence-electron chi connectivity index (χ3n) is 2.68. The standard InChI is InChI=1S/C11H18N4O3/c1-8(2)9(11(17)18)5-13-10(16)3-4-15-7-12-6-14-15/h6-9H,3-5H2,1-2H3,(H,13,16)(H,17,18). The molecule has 0 spiro atoms. The van der Waals surface area contributed by atoms with Crippen LogP contribution in [0, 0.1) is 11.8 Å². The number of aromatic nitrogens is 3. The van der Waals surface area contributed by atoms with E-state index in [4.69, 9.17) is 5.11 Å². The van der Waals surface area contributed by atoms with Crippen LogP contribution in [0.2, 0.25) is 0 Å². The summed E-state index contributed by atoms with van der Waals surface area (Å²) in [5, 5.41) is 15.5.